The highest BCUT2D eigenvalue weighted by molar-refractivity contribution is 7.96. The highest BCUT2D eigenvalue weighted by atomic mass is 32.2. The molecule has 1 aliphatic rings. The van der Waals surface area contributed by atoms with E-state index < -0.39 is 15.9 Å². The number of hydrogen-bond acceptors (Lipinski definition) is 5. The molecule has 0 fully saturated rings. The third kappa shape index (κ3) is 4.70. The van der Waals surface area contributed by atoms with Crippen molar-refractivity contribution in [2.24, 2.45) is 5.73 Å². The van der Waals surface area contributed by atoms with Gasteiger partial charge in [-0.3, -0.25) is 9.52 Å². The number of nitrogens with two attached hydrogens (primary N) is 1. The van der Waals surface area contributed by atoms with Crippen molar-refractivity contribution in [3.8, 4) is 17.2 Å². The zero-order chi connectivity index (χ0) is 21.8. The Bertz CT molecular complexity index is 1270. The van der Waals surface area contributed by atoms with Gasteiger partial charge < -0.3 is 15.2 Å². The lowest BCUT2D eigenvalue weighted by Crippen LogP contribution is -2.16. The Balaban J connectivity index is 1.58. The number of amides is 1. The molecule has 1 aliphatic heterocycles. The third-order valence-corrected chi connectivity index (χ3v) is 6.17. The molecule has 0 radical (unpaired) electrons. The Hall–Kier alpha value is -3.78. The van der Waals surface area contributed by atoms with Crippen molar-refractivity contribution in [3.05, 3.63) is 88.8 Å². The molecule has 1 amide bonds. The maximum Gasteiger partial charge on any atom is 0.258 e. The van der Waals surface area contributed by atoms with Crippen molar-refractivity contribution < 1.29 is 22.7 Å². The summed E-state index contributed by atoms with van der Waals surface area (Å²) in [5, 5.41) is 0. The first-order chi connectivity index (χ1) is 14.9. The zero-order valence-electron chi connectivity index (χ0n) is 16.4. The van der Waals surface area contributed by atoms with E-state index in [1.165, 1.54) is 6.07 Å². The molecule has 1 heterocycles. The number of fused-ring (bicyclic) bond motifs is 1. The third-order valence-electron chi connectivity index (χ3n) is 4.65. The molecule has 8 heteroatoms. The van der Waals surface area contributed by atoms with Gasteiger partial charge >= 0.3 is 0 Å². The molecule has 3 aromatic carbocycles. The van der Waals surface area contributed by atoms with E-state index in [9.17, 15) is 13.2 Å². The first-order valence-corrected chi connectivity index (χ1v) is 11.0. The Kier molecular flexibility index (Phi) is 5.64. The summed E-state index contributed by atoms with van der Waals surface area (Å²) in [7, 11) is -3.81. The van der Waals surface area contributed by atoms with Gasteiger partial charge in [0.05, 0.1) is 22.8 Å². The van der Waals surface area contributed by atoms with Crippen molar-refractivity contribution in [1.82, 2.24) is 0 Å². The summed E-state index contributed by atoms with van der Waals surface area (Å²) in [6.07, 6.45) is 1.86. The second kappa shape index (κ2) is 8.53. The van der Waals surface area contributed by atoms with E-state index in [1.54, 1.807) is 60.7 Å². The molecule has 0 aromatic heterocycles. The Morgan fingerprint density at radius 3 is 2.61 bits per heavy atom. The molecule has 158 valence electrons. The number of ether oxygens (including phenoxy) is 2. The van der Waals surface area contributed by atoms with Gasteiger partial charge in [0.2, 0.25) is 0 Å². The maximum absolute atomic E-state index is 13.0. The molecule has 4 rings (SSSR count). The van der Waals surface area contributed by atoms with E-state index in [0.717, 1.165) is 0 Å². The van der Waals surface area contributed by atoms with Gasteiger partial charge in [-0.1, -0.05) is 36.4 Å². The summed E-state index contributed by atoms with van der Waals surface area (Å²) in [5.74, 6) is 0.680. The molecule has 31 heavy (non-hydrogen) atoms. The average molecular weight is 436 g/mol. The lowest BCUT2D eigenvalue weighted by atomic mass is 10.2. The van der Waals surface area contributed by atoms with E-state index in [-0.39, 0.29) is 29.2 Å². The van der Waals surface area contributed by atoms with E-state index >= 15 is 0 Å². The van der Waals surface area contributed by atoms with Crippen molar-refractivity contribution in [2.75, 3.05) is 11.3 Å². The summed E-state index contributed by atoms with van der Waals surface area (Å²) >= 11 is 0. The van der Waals surface area contributed by atoms with Crippen LogP contribution in [0.2, 0.25) is 0 Å². The van der Waals surface area contributed by atoms with Crippen molar-refractivity contribution in [3.63, 3.8) is 0 Å². The predicted molar refractivity (Wildman–Crippen MR) is 119 cm³/mol. The van der Waals surface area contributed by atoms with E-state index in [4.69, 9.17) is 15.2 Å². The van der Waals surface area contributed by atoms with Crippen LogP contribution in [0.5, 0.6) is 17.2 Å². The van der Waals surface area contributed by atoms with Crippen LogP contribution in [0.3, 0.4) is 0 Å². The van der Waals surface area contributed by atoms with Gasteiger partial charge in [0, 0.05) is 18.1 Å². The summed E-state index contributed by atoms with van der Waals surface area (Å²) < 4.78 is 40.0. The molecule has 3 N–H and O–H groups in total. The summed E-state index contributed by atoms with van der Waals surface area (Å²) in [6.45, 7) is 0.261. The van der Waals surface area contributed by atoms with Crippen LogP contribution in [0.4, 0.5) is 5.69 Å². The van der Waals surface area contributed by atoms with Crippen LogP contribution in [0, 0.1) is 0 Å². The maximum atomic E-state index is 13.0. The van der Waals surface area contributed by atoms with Crippen LogP contribution in [0.15, 0.2) is 77.7 Å². The fourth-order valence-electron chi connectivity index (χ4n) is 3.18. The minimum absolute atomic E-state index is 0.225. The fourth-order valence-corrected chi connectivity index (χ4v) is 4.38. The Morgan fingerprint density at radius 1 is 1.00 bits per heavy atom. The highest BCUT2D eigenvalue weighted by Crippen LogP contribution is 2.30. The van der Waals surface area contributed by atoms with Crippen LogP contribution in [0.1, 0.15) is 22.3 Å². The SMILES string of the molecule is NC(=O)c1ccccc1Oc1cccc(NS(=O)(=O)C2=Cc3ccccc3OCC2)c1. The molecule has 0 saturated heterocycles. The Morgan fingerprint density at radius 2 is 1.77 bits per heavy atom. The van der Waals surface area contributed by atoms with Crippen LogP contribution in [-0.2, 0) is 10.0 Å². The van der Waals surface area contributed by atoms with Crippen LogP contribution >= 0.6 is 0 Å². The first-order valence-electron chi connectivity index (χ1n) is 9.54. The van der Waals surface area contributed by atoms with Gasteiger partial charge in [-0.2, -0.15) is 0 Å². The van der Waals surface area contributed by atoms with Gasteiger partial charge in [0.1, 0.15) is 17.2 Å². The van der Waals surface area contributed by atoms with Crippen molar-refractivity contribution >= 4 is 27.7 Å². The number of sulfonamides is 1. The number of carbonyl (C=O) groups is 1. The number of benzene rings is 3. The second-order valence-electron chi connectivity index (χ2n) is 6.84. The predicted octanol–water partition coefficient (Wildman–Crippen LogP) is 4.14. The van der Waals surface area contributed by atoms with E-state index in [2.05, 4.69) is 4.72 Å². The van der Waals surface area contributed by atoms with Crippen LogP contribution < -0.4 is 19.9 Å². The van der Waals surface area contributed by atoms with Gasteiger partial charge in [0.15, 0.2) is 0 Å². The van der Waals surface area contributed by atoms with Gasteiger partial charge in [0.25, 0.3) is 15.9 Å². The quantitative estimate of drug-likeness (QED) is 0.604. The largest absolute Gasteiger partial charge is 0.493 e. The lowest BCUT2D eigenvalue weighted by molar-refractivity contribution is 0.0998. The summed E-state index contributed by atoms with van der Waals surface area (Å²) in [4.78, 5) is 11.8. The first kappa shape index (κ1) is 20.5. The summed E-state index contributed by atoms with van der Waals surface area (Å²) in [5.41, 5.74) is 6.65. The zero-order valence-corrected chi connectivity index (χ0v) is 17.3. The molecule has 0 unspecified atom stereocenters. The number of carbonyl (C=O) groups excluding carboxylic acids is 1. The number of anilines is 1. The minimum Gasteiger partial charge on any atom is -0.493 e. The highest BCUT2D eigenvalue weighted by Gasteiger charge is 2.21. The molecule has 0 atom stereocenters. The molecule has 0 spiro atoms. The second-order valence-corrected chi connectivity index (χ2v) is 8.58. The number of rotatable bonds is 6. The smallest absolute Gasteiger partial charge is 0.258 e. The van der Waals surface area contributed by atoms with Crippen molar-refractivity contribution in [1.29, 1.82) is 0 Å². The van der Waals surface area contributed by atoms with Gasteiger partial charge in [-0.25, -0.2) is 8.42 Å². The number of nitrogens with one attached hydrogen (secondary N) is 1. The molecule has 0 bridgehead atoms. The van der Waals surface area contributed by atoms with Gasteiger partial charge in [-0.15, -0.1) is 0 Å². The van der Waals surface area contributed by atoms with Crippen LogP contribution in [0.25, 0.3) is 6.08 Å². The molecule has 7 nitrogen and oxygen atoms in total. The number of hydrogen-bond donors (Lipinski definition) is 2. The standard InChI is InChI=1S/C23H20N2O5S/c24-23(26)20-9-2-4-11-22(20)30-18-8-5-7-17(15-18)25-31(27,28)19-12-13-29-21-10-3-1-6-16(21)14-19/h1-11,14-15,25H,12-13H2,(H2,24,26). The molecule has 3 aromatic rings. The minimum atomic E-state index is -3.81. The summed E-state index contributed by atoms with van der Waals surface area (Å²) in [6, 6.07) is 20.3. The topological polar surface area (TPSA) is 108 Å². The molecule has 0 aliphatic carbocycles. The normalized spacial score (nSPS) is 13.2. The molecule has 0 saturated carbocycles. The monoisotopic (exact) mass is 436 g/mol. The number of primary amides is 1. The van der Waals surface area contributed by atoms with Gasteiger partial charge in [-0.05, 0) is 36.4 Å². The number of para-hydroxylation sites is 2. The molecular weight excluding hydrogens is 416 g/mol. The van der Waals surface area contributed by atoms with Crippen molar-refractivity contribution in [2.45, 2.75) is 6.42 Å². The molecular formula is C23H20N2O5S. The fraction of sp³-hybridized carbons (Fsp3) is 0.0870. The van der Waals surface area contributed by atoms with E-state index in [0.29, 0.717) is 22.7 Å². The average Bonchev–Trinajstić information content (AvgIpc) is 2.97. The van der Waals surface area contributed by atoms with Crippen LogP contribution in [-0.4, -0.2) is 20.9 Å². The lowest BCUT2D eigenvalue weighted by Gasteiger charge is -2.13. The Labute approximate surface area is 180 Å². The van der Waals surface area contributed by atoms with E-state index in [1.807, 2.05) is 12.1 Å².